The van der Waals surface area contributed by atoms with E-state index >= 15 is 0 Å². The number of aromatic nitrogens is 1. The number of pyridine rings is 1. The fraction of sp³-hybridized carbons (Fsp3) is 0.286. The molecule has 19 heavy (non-hydrogen) atoms. The summed E-state index contributed by atoms with van der Waals surface area (Å²) in [6, 6.07) is 7.27. The topological polar surface area (TPSA) is 64.4 Å². The number of hydrogen-bond donors (Lipinski definition) is 1. The average Bonchev–Trinajstić information content (AvgIpc) is 2.81. The van der Waals surface area contributed by atoms with E-state index in [0.717, 1.165) is 11.5 Å². The molecule has 0 aliphatic heterocycles. The van der Waals surface area contributed by atoms with Crippen molar-refractivity contribution in [3.05, 3.63) is 47.0 Å². The summed E-state index contributed by atoms with van der Waals surface area (Å²) in [5, 5.41) is 3.14. The number of nitrogens with one attached hydrogen (secondary N) is 1. The van der Waals surface area contributed by atoms with Gasteiger partial charge in [-0.05, 0) is 38.1 Å². The standard InChI is InChI=1S/C14H16N2O3/c1-9-4-5-11(19-9)8-15-13-7-6-12(10(2)16-13)14(17)18-3/h4-7H,8H2,1-3H3,(H,15,16). The van der Waals surface area contributed by atoms with Crippen molar-refractivity contribution in [3.63, 3.8) is 0 Å². The Bertz CT molecular complexity index is 590. The molecule has 5 nitrogen and oxygen atoms in total. The largest absolute Gasteiger partial charge is 0.465 e. The van der Waals surface area contributed by atoms with E-state index in [2.05, 4.69) is 15.0 Å². The number of carbonyl (C=O) groups excluding carboxylic acids is 1. The van der Waals surface area contributed by atoms with Crippen LogP contribution in [-0.2, 0) is 11.3 Å². The van der Waals surface area contributed by atoms with Crippen molar-refractivity contribution in [2.24, 2.45) is 0 Å². The van der Waals surface area contributed by atoms with Gasteiger partial charge in [0, 0.05) is 0 Å². The molecule has 2 rings (SSSR count). The molecule has 2 aromatic heterocycles. The van der Waals surface area contributed by atoms with E-state index in [4.69, 9.17) is 4.42 Å². The van der Waals surface area contributed by atoms with Crippen LogP contribution in [0.15, 0.2) is 28.7 Å². The molecule has 0 aromatic carbocycles. The average molecular weight is 260 g/mol. The third kappa shape index (κ3) is 3.13. The highest BCUT2D eigenvalue weighted by atomic mass is 16.5. The lowest BCUT2D eigenvalue weighted by molar-refractivity contribution is 0.0599. The smallest absolute Gasteiger partial charge is 0.339 e. The highest BCUT2D eigenvalue weighted by molar-refractivity contribution is 5.90. The van der Waals surface area contributed by atoms with Gasteiger partial charge >= 0.3 is 5.97 Å². The quantitative estimate of drug-likeness (QED) is 0.856. The van der Waals surface area contributed by atoms with Crippen molar-refractivity contribution in [1.29, 1.82) is 0 Å². The first-order chi connectivity index (χ1) is 9.10. The molecule has 0 aliphatic carbocycles. The lowest BCUT2D eigenvalue weighted by Crippen LogP contribution is -2.07. The Morgan fingerprint density at radius 2 is 2.11 bits per heavy atom. The number of ether oxygens (including phenoxy) is 1. The van der Waals surface area contributed by atoms with Crippen LogP contribution in [0.25, 0.3) is 0 Å². The fourth-order valence-electron chi connectivity index (χ4n) is 1.74. The molecule has 0 saturated carbocycles. The Morgan fingerprint density at radius 1 is 1.32 bits per heavy atom. The van der Waals surface area contributed by atoms with Crippen molar-refractivity contribution in [2.45, 2.75) is 20.4 Å². The van der Waals surface area contributed by atoms with Gasteiger partial charge in [0.25, 0.3) is 0 Å². The predicted molar refractivity (Wildman–Crippen MR) is 71.1 cm³/mol. The predicted octanol–water partition coefficient (Wildman–Crippen LogP) is 2.69. The van der Waals surface area contributed by atoms with E-state index in [0.29, 0.717) is 23.6 Å². The molecule has 0 bridgehead atoms. The van der Waals surface area contributed by atoms with Crippen LogP contribution in [0.5, 0.6) is 0 Å². The Balaban J connectivity index is 2.06. The van der Waals surface area contributed by atoms with Crippen molar-refractivity contribution < 1.29 is 13.9 Å². The first-order valence-electron chi connectivity index (χ1n) is 5.95. The first-order valence-corrected chi connectivity index (χ1v) is 5.95. The maximum absolute atomic E-state index is 11.4. The van der Waals surface area contributed by atoms with Crippen LogP contribution < -0.4 is 5.32 Å². The highest BCUT2D eigenvalue weighted by Crippen LogP contribution is 2.13. The summed E-state index contributed by atoms with van der Waals surface area (Å²) in [5.74, 6) is 2.04. The SMILES string of the molecule is COC(=O)c1ccc(NCc2ccc(C)o2)nc1C. The van der Waals surface area contributed by atoms with Crippen molar-refractivity contribution in [3.8, 4) is 0 Å². The van der Waals surface area contributed by atoms with Crippen LogP contribution in [0.1, 0.15) is 27.6 Å². The number of hydrogen-bond acceptors (Lipinski definition) is 5. The van der Waals surface area contributed by atoms with Gasteiger partial charge < -0.3 is 14.5 Å². The number of carbonyl (C=O) groups is 1. The molecule has 2 aromatic rings. The molecule has 0 aliphatic rings. The molecule has 5 heteroatoms. The van der Waals surface area contributed by atoms with Crippen molar-refractivity contribution >= 4 is 11.8 Å². The first kappa shape index (κ1) is 13.1. The Kier molecular flexibility index (Phi) is 3.85. The normalized spacial score (nSPS) is 10.3. The van der Waals surface area contributed by atoms with Crippen LogP contribution in [0, 0.1) is 13.8 Å². The molecule has 0 fully saturated rings. The third-order valence-corrected chi connectivity index (χ3v) is 2.73. The summed E-state index contributed by atoms with van der Waals surface area (Å²) in [5.41, 5.74) is 1.11. The van der Waals surface area contributed by atoms with Crippen LogP contribution in [0.3, 0.4) is 0 Å². The molecular formula is C14H16N2O3. The van der Waals surface area contributed by atoms with E-state index in [1.54, 1.807) is 19.1 Å². The van der Waals surface area contributed by atoms with Gasteiger partial charge in [0.1, 0.15) is 17.3 Å². The van der Waals surface area contributed by atoms with Gasteiger partial charge in [-0.2, -0.15) is 0 Å². The molecule has 0 radical (unpaired) electrons. The zero-order valence-electron chi connectivity index (χ0n) is 11.2. The zero-order chi connectivity index (χ0) is 13.8. The summed E-state index contributed by atoms with van der Waals surface area (Å²) in [6.45, 7) is 4.23. The second kappa shape index (κ2) is 5.56. The number of esters is 1. The van der Waals surface area contributed by atoms with Gasteiger partial charge in [0.2, 0.25) is 0 Å². The van der Waals surface area contributed by atoms with E-state index in [-0.39, 0.29) is 5.97 Å². The second-order valence-corrected chi connectivity index (χ2v) is 4.19. The fourth-order valence-corrected chi connectivity index (χ4v) is 1.74. The Hall–Kier alpha value is -2.30. The number of anilines is 1. The number of rotatable bonds is 4. The molecule has 100 valence electrons. The van der Waals surface area contributed by atoms with Gasteiger partial charge in [0.05, 0.1) is 24.9 Å². The summed E-state index contributed by atoms with van der Waals surface area (Å²) >= 11 is 0. The second-order valence-electron chi connectivity index (χ2n) is 4.19. The summed E-state index contributed by atoms with van der Waals surface area (Å²) in [4.78, 5) is 15.7. The van der Waals surface area contributed by atoms with E-state index in [1.807, 2.05) is 19.1 Å². The summed E-state index contributed by atoms with van der Waals surface area (Å²) < 4.78 is 10.1. The van der Waals surface area contributed by atoms with Gasteiger partial charge in [0.15, 0.2) is 0 Å². The monoisotopic (exact) mass is 260 g/mol. The minimum Gasteiger partial charge on any atom is -0.465 e. The molecule has 0 amide bonds. The Morgan fingerprint density at radius 3 is 2.68 bits per heavy atom. The van der Waals surface area contributed by atoms with E-state index in [1.165, 1.54) is 7.11 Å². The maximum Gasteiger partial charge on any atom is 0.339 e. The number of aryl methyl sites for hydroxylation is 2. The molecule has 2 heterocycles. The van der Waals surface area contributed by atoms with Crippen LogP contribution >= 0.6 is 0 Å². The van der Waals surface area contributed by atoms with E-state index in [9.17, 15) is 4.79 Å². The molecule has 0 saturated heterocycles. The molecular weight excluding hydrogens is 244 g/mol. The summed E-state index contributed by atoms with van der Waals surface area (Å²) in [7, 11) is 1.35. The zero-order valence-corrected chi connectivity index (χ0v) is 11.2. The van der Waals surface area contributed by atoms with Crippen LogP contribution in [-0.4, -0.2) is 18.1 Å². The minimum atomic E-state index is -0.377. The lowest BCUT2D eigenvalue weighted by atomic mass is 10.2. The molecule has 0 atom stereocenters. The molecule has 1 N–H and O–H groups in total. The number of methoxy groups -OCH3 is 1. The number of furan rings is 1. The van der Waals surface area contributed by atoms with E-state index < -0.39 is 0 Å². The molecule has 0 unspecified atom stereocenters. The Labute approximate surface area is 111 Å². The minimum absolute atomic E-state index is 0.377. The maximum atomic E-state index is 11.4. The number of nitrogens with zero attached hydrogens (tertiary/aromatic N) is 1. The van der Waals surface area contributed by atoms with Gasteiger partial charge in [-0.1, -0.05) is 0 Å². The highest BCUT2D eigenvalue weighted by Gasteiger charge is 2.10. The summed E-state index contributed by atoms with van der Waals surface area (Å²) in [6.07, 6.45) is 0. The third-order valence-electron chi connectivity index (χ3n) is 2.73. The van der Waals surface area contributed by atoms with Crippen LogP contribution in [0.2, 0.25) is 0 Å². The lowest BCUT2D eigenvalue weighted by Gasteiger charge is -2.07. The van der Waals surface area contributed by atoms with Gasteiger partial charge in [-0.3, -0.25) is 0 Å². The van der Waals surface area contributed by atoms with Crippen LogP contribution in [0.4, 0.5) is 5.82 Å². The van der Waals surface area contributed by atoms with Crippen molar-refractivity contribution in [2.75, 3.05) is 12.4 Å². The van der Waals surface area contributed by atoms with Gasteiger partial charge in [-0.25, -0.2) is 9.78 Å². The van der Waals surface area contributed by atoms with Gasteiger partial charge in [-0.15, -0.1) is 0 Å². The molecule has 0 spiro atoms. The van der Waals surface area contributed by atoms with Crippen molar-refractivity contribution in [1.82, 2.24) is 4.98 Å².